The van der Waals surface area contributed by atoms with E-state index in [1.54, 1.807) is 12.0 Å². The van der Waals surface area contributed by atoms with Gasteiger partial charge in [-0.25, -0.2) is 0 Å². The van der Waals surface area contributed by atoms with Crippen molar-refractivity contribution in [1.82, 2.24) is 4.90 Å². The van der Waals surface area contributed by atoms with Crippen molar-refractivity contribution in [2.75, 3.05) is 26.9 Å². The number of rotatable bonds is 16. The van der Waals surface area contributed by atoms with E-state index in [1.807, 2.05) is 13.8 Å². The predicted octanol–water partition coefficient (Wildman–Crippen LogP) is 5.03. The van der Waals surface area contributed by atoms with Crippen molar-refractivity contribution in [3.8, 4) is 0 Å². The second-order valence-corrected chi connectivity index (χ2v) is 8.12. The lowest BCUT2D eigenvalue weighted by molar-refractivity contribution is -0.135. The predicted molar refractivity (Wildman–Crippen MR) is 107 cm³/mol. The lowest BCUT2D eigenvalue weighted by Gasteiger charge is -2.37. The minimum Gasteiger partial charge on any atom is -0.385 e. The highest BCUT2D eigenvalue weighted by Gasteiger charge is 2.36. The maximum atomic E-state index is 11.8. The highest BCUT2D eigenvalue weighted by molar-refractivity contribution is 5.78. The summed E-state index contributed by atoms with van der Waals surface area (Å²) >= 11 is 0. The summed E-state index contributed by atoms with van der Waals surface area (Å²) in [7, 11) is 1.77. The van der Waals surface area contributed by atoms with Crippen molar-refractivity contribution in [2.45, 2.75) is 103 Å². The SMILES string of the molecule is [CH]C(N1CCCC1=O)C(C)(C)OCCCCCCCCCCCCOC. The fourth-order valence-electron chi connectivity index (χ4n) is 3.52. The Labute approximate surface area is 162 Å². The van der Waals surface area contributed by atoms with Crippen LogP contribution in [-0.4, -0.2) is 49.3 Å². The molecule has 0 aromatic heterocycles. The first-order valence-electron chi connectivity index (χ1n) is 10.7. The second kappa shape index (κ2) is 13.5. The van der Waals surface area contributed by atoms with Crippen LogP contribution in [0.4, 0.5) is 0 Å². The molecule has 2 radical (unpaired) electrons. The molecule has 4 heteroatoms. The van der Waals surface area contributed by atoms with E-state index in [0.29, 0.717) is 6.42 Å². The van der Waals surface area contributed by atoms with Crippen LogP contribution in [0.1, 0.15) is 90.9 Å². The van der Waals surface area contributed by atoms with E-state index >= 15 is 0 Å². The molecule has 152 valence electrons. The van der Waals surface area contributed by atoms with Gasteiger partial charge in [0.1, 0.15) is 0 Å². The van der Waals surface area contributed by atoms with Crippen molar-refractivity contribution < 1.29 is 14.3 Å². The van der Waals surface area contributed by atoms with Gasteiger partial charge in [0.2, 0.25) is 5.91 Å². The van der Waals surface area contributed by atoms with E-state index in [-0.39, 0.29) is 11.9 Å². The first-order chi connectivity index (χ1) is 12.5. The number of amides is 1. The molecule has 0 bridgehead atoms. The minimum absolute atomic E-state index is 0.160. The van der Waals surface area contributed by atoms with Gasteiger partial charge in [-0.2, -0.15) is 0 Å². The van der Waals surface area contributed by atoms with Gasteiger partial charge in [-0.05, 0) is 40.0 Å². The summed E-state index contributed by atoms with van der Waals surface area (Å²) in [5.74, 6) is 0.160. The zero-order chi connectivity index (χ0) is 19.3. The lowest BCUT2D eigenvalue weighted by atomic mass is 9.98. The Morgan fingerprint density at radius 1 is 0.962 bits per heavy atom. The maximum Gasteiger partial charge on any atom is 0.222 e. The number of methoxy groups -OCH3 is 1. The zero-order valence-electron chi connectivity index (χ0n) is 17.4. The largest absolute Gasteiger partial charge is 0.385 e. The molecule has 1 fully saturated rings. The number of ether oxygens (including phenoxy) is 2. The summed E-state index contributed by atoms with van der Waals surface area (Å²) in [5, 5.41) is 0. The fourth-order valence-corrected chi connectivity index (χ4v) is 3.52. The van der Waals surface area contributed by atoms with E-state index in [2.05, 4.69) is 0 Å². The Bertz CT molecular complexity index is 370. The van der Waals surface area contributed by atoms with Gasteiger partial charge >= 0.3 is 0 Å². The Kier molecular flexibility index (Phi) is 12.2. The second-order valence-electron chi connectivity index (χ2n) is 8.12. The van der Waals surface area contributed by atoms with Crippen LogP contribution in [0.15, 0.2) is 0 Å². The zero-order valence-corrected chi connectivity index (χ0v) is 17.4. The van der Waals surface area contributed by atoms with Crippen LogP contribution >= 0.6 is 0 Å². The fraction of sp³-hybridized carbons (Fsp3) is 0.909. The monoisotopic (exact) mass is 367 g/mol. The van der Waals surface area contributed by atoms with Crippen LogP contribution in [0.25, 0.3) is 0 Å². The van der Waals surface area contributed by atoms with Crippen molar-refractivity contribution in [1.29, 1.82) is 0 Å². The van der Waals surface area contributed by atoms with E-state index in [0.717, 1.165) is 32.6 Å². The van der Waals surface area contributed by atoms with Gasteiger partial charge in [0.25, 0.3) is 0 Å². The van der Waals surface area contributed by atoms with Crippen LogP contribution in [0.2, 0.25) is 0 Å². The third-order valence-electron chi connectivity index (χ3n) is 5.37. The molecule has 1 amide bonds. The summed E-state index contributed by atoms with van der Waals surface area (Å²) < 4.78 is 11.1. The first-order valence-corrected chi connectivity index (χ1v) is 10.7. The van der Waals surface area contributed by atoms with E-state index in [4.69, 9.17) is 16.4 Å². The van der Waals surface area contributed by atoms with Gasteiger partial charge in [0.05, 0.1) is 11.6 Å². The molecule has 0 aromatic rings. The summed E-state index contributed by atoms with van der Waals surface area (Å²) in [4.78, 5) is 13.6. The minimum atomic E-state index is -0.483. The molecule has 0 aromatic carbocycles. The lowest BCUT2D eigenvalue weighted by Crippen LogP contribution is -2.50. The van der Waals surface area contributed by atoms with Crippen molar-refractivity contribution >= 4 is 5.91 Å². The Morgan fingerprint density at radius 3 is 1.92 bits per heavy atom. The third-order valence-corrected chi connectivity index (χ3v) is 5.37. The molecule has 0 aliphatic carbocycles. The standard InChI is InChI=1S/C22H41NO3/c1-20(23-17-15-16-21(23)24)22(2,3)26-19-14-12-10-8-6-5-7-9-11-13-18-25-4/h1,20H,5-19H2,2-4H3. The average Bonchev–Trinajstić information content (AvgIpc) is 3.04. The molecule has 0 N–H and O–H groups in total. The van der Waals surface area contributed by atoms with Gasteiger partial charge in [0, 0.05) is 33.3 Å². The van der Waals surface area contributed by atoms with Gasteiger partial charge in [0.15, 0.2) is 0 Å². The Morgan fingerprint density at radius 2 is 1.46 bits per heavy atom. The topological polar surface area (TPSA) is 38.8 Å². The molecule has 1 saturated heterocycles. The molecule has 1 rings (SSSR count). The highest BCUT2D eigenvalue weighted by Crippen LogP contribution is 2.24. The van der Waals surface area contributed by atoms with Crippen LogP contribution in [0.3, 0.4) is 0 Å². The normalized spacial score (nSPS) is 16.5. The number of hydrogen-bond donors (Lipinski definition) is 0. The molecule has 1 atom stereocenters. The molecule has 0 saturated carbocycles. The quantitative estimate of drug-likeness (QED) is 0.359. The molecule has 1 unspecified atom stereocenters. The molecule has 4 nitrogen and oxygen atoms in total. The summed E-state index contributed by atoms with van der Waals surface area (Å²) in [6, 6.07) is -0.346. The number of hydrogen-bond acceptors (Lipinski definition) is 3. The van der Waals surface area contributed by atoms with Crippen molar-refractivity contribution in [2.24, 2.45) is 0 Å². The van der Waals surface area contributed by atoms with Gasteiger partial charge in [-0.15, -0.1) is 0 Å². The third kappa shape index (κ3) is 9.36. The summed E-state index contributed by atoms with van der Waals surface area (Å²) in [6.45, 7) is 12.6. The summed E-state index contributed by atoms with van der Waals surface area (Å²) in [6.07, 6.45) is 14.3. The number of carbonyl (C=O) groups is 1. The van der Waals surface area contributed by atoms with Crippen molar-refractivity contribution in [3.63, 3.8) is 0 Å². The molecule has 26 heavy (non-hydrogen) atoms. The summed E-state index contributed by atoms with van der Waals surface area (Å²) in [5.41, 5.74) is -0.483. The number of likely N-dealkylation sites (tertiary alicyclic amines) is 1. The smallest absolute Gasteiger partial charge is 0.222 e. The molecular weight excluding hydrogens is 326 g/mol. The van der Waals surface area contributed by atoms with E-state index in [1.165, 1.54) is 57.8 Å². The van der Waals surface area contributed by atoms with Crippen LogP contribution < -0.4 is 0 Å². The van der Waals surface area contributed by atoms with Gasteiger partial charge in [-0.1, -0.05) is 51.4 Å². The number of nitrogens with zero attached hydrogens (tertiary/aromatic N) is 1. The maximum absolute atomic E-state index is 11.8. The molecule has 1 aliphatic heterocycles. The van der Waals surface area contributed by atoms with E-state index < -0.39 is 5.60 Å². The highest BCUT2D eigenvalue weighted by atomic mass is 16.5. The first kappa shape index (κ1) is 23.4. The average molecular weight is 368 g/mol. The van der Waals surface area contributed by atoms with Crippen LogP contribution in [0, 0.1) is 6.92 Å². The molecule has 0 spiro atoms. The van der Waals surface area contributed by atoms with Crippen LogP contribution in [-0.2, 0) is 14.3 Å². The van der Waals surface area contributed by atoms with Gasteiger partial charge in [-0.3, -0.25) is 4.79 Å². The Balaban J connectivity index is 1.95. The van der Waals surface area contributed by atoms with E-state index in [9.17, 15) is 4.79 Å². The molecular formula is C22H41NO3. The molecule has 1 aliphatic rings. The Hall–Kier alpha value is -0.610. The van der Waals surface area contributed by atoms with Gasteiger partial charge < -0.3 is 14.4 Å². The number of unbranched alkanes of at least 4 members (excludes halogenated alkanes) is 9. The van der Waals surface area contributed by atoms with Crippen molar-refractivity contribution in [3.05, 3.63) is 6.92 Å². The number of carbonyl (C=O) groups excluding carboxylic acids is 1. The molecule has 1 heterocycles. The van der Waals surface area contributed by atoms with Crippen LogP contribution in [0.5, 0.6) is 0 Å².